The fourth-order valence-electron chi connectivity index (χ4n) is 15.5. The van der Waals surface area contributed by atoms with Crippen molar-refractivity contribution in [2.45, 2.75) is 105 Å². The van der Waals surface area contributed by atoms with Gasteiger partial charge in [-0.2, -0.15) is 0 Å². The SMILES string of the molecule is CC1=C(CC(=O)NCc2cscn2)c2cc(F)ccc2/C1=C\c1ccc(O)c(OC(F)(F)F)c1.COc1cc(/C=C2/C(C)=C(CC(=O)NCc3cncs3)c3cc(F)ccc32)cc(OC(F)(F)F)c1O.COc1cc(/C=C2/C(C)=C(CC(=O)NCc3ncco3)c3cc(F)ccc32)cc(OC(F)(F)F)c1O.COc1cc(/C=C2/C(C)=C(CC(=O)NCc3nccs3)c3cc(F)ccc32)cc(OC(F)(F)F)c1O. The maximum absolute atomic E-state index is 14.1. The van der Waals surface area contributed by atoms with Gasteiger partial charge >= 0.3 is 25.4 Å². The van der Waals surface area contributed by atoms with E-state index in [0.29, 0.717) is 129 Å². The zero-order chi connectivity index (χ0) is 103. The Bertz CT molecular complexity index is 6550. The third-order valence-corrected chi connectivity index (χ3v) is 24.1. The summed E-state index contributed by atoms with van der Waals surface area (Å²) in [6.45, 7) is 7.90. The van der Waals surface area contributed by atoms with Crippen LogP contribution < -0.4 is 54.4 Å². The van der Waals surface area contributed by atoms with E-state index in [1.807, 2.05) is 5.38 Å². The van der Waals surface area contributed by atoms with E-state index >= 15 is 0 Å². The quantitative estimate of drug-likeness (QED) is 0.0222. The number of methoxy groups -OCH3 is 3. The van der Waals surface area contributed by atoms with Gasteiger partial charge in [0.25, 0.3) is 0 Å². The smallest absolute Gasteiger partial charge is 0.504 e. The number of carbonyl (C=O) groups is 4. The number of carbonyl (C=O) groups excluding carboxylic acids is 4. The fraction of sp³-hybridized carbons (Fsp3) is 0.192. The van der Waals surface area contributed by atoms with Crippen molar-refractivity contribution in [2.75, 3.05) is 21.3 Å². The normalized spacial score (nSPS) is 14.3. The van der Waals surface area contributed by atoms with E-state index in [-0.39, 0.29) is 103 Å². The molecule has 0 atom stereocenters. The number of nitrogens with one attached hydrogen (secondary N) is 4. The third kappa shape index (κ3) is 26.5. The lowest BCUT2D eigenvalue weighted by Crippen LogP contribution is -2.22. The van der Waals surface area contributed by atoms with Crippen LogP contribution in [0, 0.1) is 23.3 Å². The monoisotopic (exact) mass is 2030 g/mol. The predicted octanol–water partition coefficient (Wildman–Crippen LogP) is 23.2. The van der Waals surface area contributed by atoms with Gasteiger partial charge in [-0.25, -0.2) is 32.5 Å². The maximum atomic E-state index is 14.1. The van der Waals surface area contributed by atoms with Gasteiger partial charge in [-0.1, -0.05) is 30.3 Å². The van der Waals surface area contributed by atoms with Crippen molar-refractivity contribution < 1.29 is 147 Å². The molecule has 0 bridgehead atoms. The number of hydrogen-bond donors (Lipinski definition) is 8. The molecular weight excluding hydrogens is 1960 g/mol. The van der Waals surface area contributed by atoms with Crippen LogP contribution in [0.1, 0.15) is 142 Å². The third-order valence-electron chi connectivity index (χ3n) is 21.9. The van der Waals surface area contributed by atoms with Crippen molar-refractivity contribution >= 4 is 127 Å². The summed E-state index contributed by atoms with van der Waals surface area (Å²) in [7, 11) is 3.59. The number of allylic oxidation sites excluding steroid dienone is 8. The Kier molecular flexibility index (Phi) is 32.3. The Balaban J connectivity index is 0.000000159. The second kappa shape index (κ2) is 44.2. The van der Waals surface area contributed by atoms with Crippen LogP contribution in [0.5, 0.6) is 63.2 Å². The Morgan fingerprint density at radius 2 is 0.739 bits per heavy atom. The van der Waals surface area contributed by atoms with Crippen LogP contribution in [0.2, 0.25) is 0 Å². The minimum absolute atomic E-state index is 0.0121. The molecule has 4 heterocycles. The number of amides is 4. The number of oxazole rings is 1. The lowest BCUT2D eigenvalue weighted by atomic mass is 10.00. The summed E-state index contributed by atoms with van der Waals surface area (Å²) >= 11 is 4.22. The molecule has 4 aromatic heterocycles. The molecule has 16 rings (SSSR count). The minimum Gasteiger partial charge on any atom is -0.504 e. The Labute approximate surface area is 808 Å². The van der Waals surface area contributed by atoms with Crippen LogP contribution >= 0.6 is 34.0 Å². The second-order valence-electron chi connectivity index (χ2n) is 31.1. The van der Waals surface area contributed by atoms with Gasteiger partial charge in [0.15, 0.2) is 46.0 Å². The van der Waals surface area contributed by atoms with E-state index in [1.165, 1.54) is 147 Å². The van der Waals surface area contributed by atoms with E-state index in [1.54, 1.807) is 99.0 Å². The van der Waals surface area contributed by atoms with Crippen molar-refractivity contribution in [1.29, 1.82) is 0 Å². The number of ether oxygens (including phenoxy) is 7. The van der Waals surface area contributed by atoms with Crippen LogP contribution in [0.25, 0.3) is 68.9 Å². The van der Waals surface area contributed by atoms with Crippen LogP contribution in [0.4, 0.5) is 70.2 Å². The molecular formula is C99H78F16N8O16S3. The molecule has 0 spiro atoms. The van der Waals surface area contributed by atoms with Gasteiger partial charge in [0.05, 0.1) is 96.1 Å². The molecule has 4 amide bonds. The zero-order valence-electron chi connectivity index (χ0n) is 75.0. The highest BCUT2D eigenvalue weighted by Crippen LogP contribution is 2.52. The van der Waals surface area contributed by atoms with Crippen molar-refractivity contribution in [3.05, 3.63) is 308 Å². The van der Waals surface area contributed by atoms with Gasteiger partial charge in [0.1, 0.15) is 34.5 Å². The number of thiazole rings is 3. The van der Waals surface area contributed by atoms with Crippen molar-refractivity contribution in [1.82, 2.24) is 41.2 Å². The van der Waals surface area contributed by atoms with Gasteiger partial charge in [-0.15, -0.1) is 86.7 Å². The van der Waals surface area contributed by atoms with Crippen molar-refractivity contribution in [3.8, 4) is 63.2 Å². The molecule has 24 nitrogen and oxygen atoms in total. The molecule has 142 heavy (non-hydrogen) atoms. The number of alkyl halides is 12. The Hall–Kier alpha value is -15.7. The first-order valence-corrected chi connectivity index (χ1v) is 44.5. The van der Waals surface area contributed by atoms with E-state index < -0.39 is 94.7 Å². The average Bonchev–Trinajstić information content (AvgIpc) is 1.63. The first kappa shape index (κ1) is 104. The fourth-order valence-corrected chi connectivity index (χ4v) is 17.2. The molecule has 8 N–H and O–H groups in total. The maximum Gasteiger partial charge on any atom is 0.573 e. The summed E-state index contributed by atoms with van der Waals surface area (Å²) in [5.41, 5.74) is 17.0. The Morgan fingerprint density at radius 1 is 0.387 bits per heavy atom. The lowest BCUT2D eigenvalue weighted by Gasteiger charge is -2.14. The number of phenolic OH excluding ortho intramolecular Hbond substituents is 4. The molecule has 43 heteroatoms. The van der Waals surface area contributed by atoms with Gasteiger partial charge in [0.2, 0.25) is 46.8 Å². The molecule has 0 saturated carbocycles. The van der Waals surface area contributed by atoms with Gasteiger partial charge < -0.3 is 79.3 Å². The predicted molar refractivity (Wildman–Crippen MR) is 495 cm³/mol. The number of phenols is 4. The molecule has 0 unspecified atom stereocenters. The summed E-state index contributed by atoms with van der Waals surface area (Å²) in [5, 5.41) is 55.3. The van der Waals surface area contributed by atoms with Crippen molar-refractivity contribution in [2.24, 2.45) is 0 Å². The highest BCUT2D eigenvalue weighted by atomic mass is 32.1. The second-order valence-corrected chi connectivity index (χ2v) is 33.8. The van der Waals surface area contributed by atoms with Crippen molar-refractivity contribution in [3.63, 3.8) is 0 Å². The summed E-state index contributed by atoms with van der Waals surface area (Å²) in [6.07, 6.45) is -7.80. The standard InChI is InChI=1S/C25H20F4N2O5.2C25H20F4N2O4S.C24H18F4N2O3S/c1-13-17(7-14-8-20(34-2)24(33)21(9-14)36-25(27,28)29)16-4-3-15(26)10-19(16)18(13)11-22(32)31-12-23-30-5-6-35-23;1-13-18(5-14-6-21(34-2)24(33)22(7-14)35-25(27,28)29)17-4-3-15(26)8-20(17)19(13)9-23(32)31-11-16-10-30-12-36-16;1-13-17(7-14-8-20(34-2)24(33)21(9-14)35-25(27,28)29)16-4-3-15(26)10-19(16)18(13)11-22(32)31-12-23-30-5-6-36-23;1-13-18(6-14-2-5-21(31)22(7-14)33-24(26,27)28)17-4-3-15(25)8-20(17)19(13)9-23(32)29-10-16-11-34-12-30-16/h3-10,33H,11-12H2,1-2H3,(H,31,32);3-8,10,12,33H,9,11H2,1-2H3,(H,31,32);3-10,33H,11-12H2,1-2H3,(H,31,32);2-8,11-12,31H,9-10H2,1H3,(H,29,32)/b17-7-;18-5-;17-7-;18-6-. The summed E-state index contributed by atoms with van der Waals surface area (Å²) < 4.78 is 246. The number of nitrogens with zero attached hydrogens (tertiary/aromatic N) is 4. The van der Waals surface area contributed by atoms with Crippen LogP contribution in [0.15, 0.2) is 201 Å². The van der Waals surface area contributed by atoms with E-state index in [9.17, 15) is 110 Å². The summed E-state index contributed by atoms with van der Waals surface area (Å²) in [6, 6.07) is 27.2. The largest absolute Gasteiger partial charge is 0.573 e. The summed E-state index contributed by atoms with van der Waals surface area (Å²) in [4.78, 5) is 67.5. The number of fused-ring (bicyclic) bond motifs is 4. The topological polar surface area (TPSA) is 327 Å². The van der Waals surface area contributed by atoms with E-state index in [4.69, 9.17) is 18.6 Å². The molecule has 0 saturated heterocycles. The van der Waals surface area contributed by atoms with Crippen LogP contribution in [0.3, 0.4) is 0 Å². The number of aromatic hydroxyl groups is 4. The number of benzene rings is 8. The number of aromatic nitrogens is 4. The summed E-state index contributed by atoms with van der Waals surface area (Å²) in [5.74, 6) is -9.76. The lowest BCUT2D eigenvalue weighted by molar-refractivity contribution is -0.276. The average molecular weight is 2040 g/mol. The highest BCUT2D eigenvalue weighted by molar-refractivity contribution is 7.09. The number of hydrogen-bond acceptors (Lipinski definition) is 23. The van der Waals surface area contributed by atoms with E-state index in [0.717, 1.165) is 45.9 Å². The van der Waals surface area contributed by atoms with Gasteiger partial charge in [-0.3, -0.25) is 24.2 Å². The molecule has 12 aromatic rings. The molecule has 740 valence electrons. The Morgan fingerprint density at radius 3 is 1.07 bits per heavy atom. The van der Waals surface area contributed by atoms with Crippen LogP contribution in [-0.2, 0) is 45.4 Å². The first-order chi connectivity index (χ1) is 67.3. The minimum atomic E-state index is -5.03. The van der Waals surface area contributed by atoms with E-state index in [2.05, 4.69) is 60.2 Å². The molecule has 0 fully saturated rings. The van der Waals surface area contributed by atoms with Gasteiger partial charge in [0, 0.05) is 28.0 Å². The highest BCUT2D eigenvalue weighted by Gasteiger charge is 2.39. The molecule has 0 radical (unpaired) electrons. The molecule has 8 aromatic carbocycles. The zero-order valence-corrected chi connectivity index (χ0v) is 77.4. The molecule has 4 aliphatic rings. The van der Waals surface area contributed by atoms with Gasteiger partial charge in [-0.05, 0) is 283 Å². The first-order valence-electron chi connectivity index (χ1n) is 41.8. The molecule has 0 aliphatic heterocycles. The number of halogens is 16. The molecule has 4 aliphatic carbocycles. The number of rotatable bonds is 27. The van der Waals surface area contributed by atoms with Crippen LogP contribution in [-0.4, -0.2) is 111 Å².